The highest BCUT2D eigenvalue weighted by Crippen LogP contribution is 2.24. The van der Waals surface area contributed by atoms with Crippen LogP contribution in [0.4, 0.5) is 0 Å². The Balaban J connectivity index is 2.66. The molecule has 4 nitrogen and oxygen atoms in total. The zero-order chi connectivity index (χ0) is 14.1. The summed E-state index contributed by atoms with van der Waals surface area (Å²) >= 11 is 0. The van der Waals surface area contributed by atoms with E-state index in [-0.39, 0.29) is 0 Å². The summed E-state index contributed by atoms with van der Waals surface area (Å²) in [6, 6.07) is 6.35. The standard InChI is InChI=1S/C15H25NO3/c1-5-18-8-9-19-15-10-14(17-4)7-6-13(15)11-16-12(2)3/h6-7,10,12,16H,5,8-9,11H2,1-4H3. The van der Waals surface area contributed by atoms with Crippen LogP contribution in [-0.4, -0.2) is 33.0 Å². The van der Waals surface area contributed by atoms with E-state index in [1.54, 1.807) is 7.11 Å². The first-order chi connectivity index (χ1) is 9.17. The Morgan fingerprint density at radius 3 is 2.63 bits per heavy atom. The van der Waals surface area contributed by atoms with E-state index in [9.17, 15) is 0 Å². The molecule has 0 aliphatic heterocycles. The second-order valence-corrected chi connectivity index (χ2v) is 4.55. The van der Waals surface area contributed by atoms with Crippen LogP contribution < -0.4 is 14.8 Å². The first-order valence-electron chi connectivity index (χ1n) is 6.78. The average molecular weight is 267 g/mol. The fourth-order valence-corrected chi connectivity index (χ4v) is 1.61. The van der Waals surface area contributed by atoms with E-state index in [1.165, 1.54) is 0 Å². The molecular formula is C15H25NO3. The van der Waals surface area contributed by atoms with Crippen LogP contribution >= 0.6 is 0 Å². The van der Waals surface area contributed by atoms with E-state index in [0.717, 1.165) is 23.6 Å². The minimum absolute atomic E-state index is 0.443. The number of hydrogen-bond donors (Lipinski definition) is 1. The summed E-state index contributed by atoms with van der Waals surface area (Å²) in [6.07, 6.45) is 0. The van der Waals surface area contributed by atoms with E-state index < -0.39 is 0 Å². The van der Waals surface area contributed by atoms with Gasteiger partial charge in [0.2, 0.25) is 0 Å². The van der Waals surface area contributed by atoms with Crippen LogP contribution in [0.2, 0.25) is 0 Å². The van der Waals surface area contributed by atoms with Crippen LogP contribution in [0.1, 0.15) is 26.3 Å². The van der Waals surface area contributed by atoms with E-state index in [1.807, 2.05) is 25.1 Å². The molecule has 0 bridgehead atoms. The molecule has 0 atom stereocenters. The third-order valence-corrected chi connectivity index (χ3v) is 2.66. The van der Waals surface area contributed by atoms with Crippen molar-refractivity contribution in [2.24, 2.45) is 0 Å². The molecule has 0 amide bonds. The number of hydrogen-bond acceptors (Lipinski definition) is 4. The fourth-order valence-electron chi connectivity index (χ4n) is 1.61. The quantitative estimate of drug-likeness (QED) is 0.698. The van der Waals surface area contributed by atoms with Crippen LogP contribution in [0.5, 0.6) is 11.5 Å². The second kappa shape index (κ2) is 8.77. The van der Waals surface area contributed by atoms with E-state index >= 15 is 0 Å². The fraction of sp³-hybridized carbons (Fsp3) is 0.600. The van der Waals surface area contributed by atoms with Gasteiger partial charge in [-0.1, -0.05) is 19.9 Å². The molecule has 0 spiro atoms. The number of ether oxygens (including phenoxy) is 3. The monoisotopic (exact) mass is 267 g/mol. The Kier molecular flexibility index (Phi) is 7.30. The lowest BCUT2D eigenvalue weighted by Crippen LogP contribution is -2.22. The van der Waals surface area contributed by atoms with Gasteiger partial charge >= 0.3 is 0 Å². The van der Waals surface area contributed by atoms with Crippen molar-refractivity contribution >= 4 is 0 Å². The van der Waals surface area contributed by atoms with Gasteiger partial charge in [-0.2, -0.15) is 0 Å². The van der Waals surface area contributed by atoms with Crippen molar-refractivity contribution in [1.82, 2.24) is 5.32 Å². The van der Waals surface area contributed by atoms with Crippen molar-refractivity contribution in [3.63, 3.8) is 0 Å². The molecule has 0 fully saturated rings. The number of rotatable bonds is 9. The van der Waals surface area contributed by atoms with Crippen LogP contribution in [-0.2, 0) is 11.3 Å². The smallest absolute Gasteiger partial charge is 0.127 e. The van der Waals surface area contributed by atoms with Crippen molar-refractivity contribution < 1.29 is 14.2 Å². The van der Waals surface area contributed by atoms with Crippen LogP contribution in [0.3, 0.4) is 0 Å². The molecule has 1 rings (SSSR count). The third-order valence-electron chi connectivity index (χ3n) is 2.66. The van der Waals surface area contributed by atoms with Gasteiger partial charge in [-0.15, -0.1) is 0 Å². The second-order valence-electron chi connectivity index (χ2n) is 4.55. The summed E-state index contributed by atoms with van der Waals surface area (Å²) < 4.78 is 16.3. The van der Waals surface area contributed by atoms with Crippen molar-refractivity contribution in [2.75, 3.05) is 26.9 Å². The Morgan fingerprint density at radius 1 is 1.21 bits per heavy atom. The largest absolute Gasteiger partial charge is 0.497 e. The van der Waals surface area contributed by atoms with Crippen LogP contribution in [0.25, 0.3) is 0 Å². The third kappa shape index (κ3) is 5.94. The molecule has 4 heteroatoms. The van der Waals surface area contributed by atoms with Gasteiger partial charge in [-0.05, 0) is 13.0 Å². The van der Waals surface area contributed by atoms with E-state index in [0.29, 0.717) is 25.9 Å². The predicted octanol–water partition coefficient (Wildman–Crippen LogP) is 2.61. The minimum atomic E-state index is 0.443. The number of benzene rings is 1. The zero-order valence-electron chi connectivity index (χ0n) is 12.4. The summed E-state index contributed by atoms with van der Waals surface area (Å²) in [6.45, 7) is 8.87. The van der Waals surface area contributed by atoms with E-state index in [2.05, 4.69) is 19.2 Å². The molecule has 1 N–H and O–H groups in total. The van der Waals surface area contributed by atoms with Crippen molar-refractivity contribution in [2.45, 2.75) is 33.4 Å². The first kappa shape index (κ1) is 15.8. The zero-order valence-corrected chi connectivity index (χ0v) is 12.4. The van der Waals surface area contributed by atoms with Crippen molar-refractivity contribution in [3.8, 4) is 11.5 Å². The summed E-state index contributed by atoms with van der Waals surface area (Å²) in [5.74, 6) is 1.66. The highest BCUT2D eigenvalue weighted by Gasteiger charge is 2.06. The molecule has 0 aliphatic carbocycles. The number of methoxy groups -OCH3 is 1. The maximum atomic E-state index is 5.77. The lowest BCUT2D eigenvalue weighted by Gasteiger charge is -2.15. The first-order valence-corrected chi connectivity index (χ1v) is 6.78. The topological polar surface area (TPSA) is 39.7 Å². The van der Waals surface area contributed by atoms with Gasteiger partial charge in [0, 0.05) is 30.8 Å². The van der Waals surface area contributed by atoms with Gasteiger partial charge in [0.15, 0.2) is 0 Å². The molecule has 1 aromatic carbocycles. The minimum Gasteiger partial charge on any atom is -0.497 e. The molecule has 0 saturated carbocycles. The molecule has 0 radical (unpaired) electrons. The Bertz CT molecular complexity index is 366. The molecule has 0 saturated heterocycles. The lowest BCUT2D eigenvalue weighted by molar-refractivity contribution is 0.109. The van der Waals surface area contributed by atoms with Crippen molar-refractivity contribution in [1.29, 1.82) is 0 Å². The maximum Gasteiger partial charge on any atom is 0.127 e. The Labute approximate surface area is 116 Å². The average Bonchev–Trinajstić information content (AvgIpc) is 2.41. The Hall–Kier alpha value is -1.26. The van der Waals surface area contributed by atoms with Crippen LogP contribution in [0, 0.1) is 0 Å². The molecule has 0 unspecified atom stereocenters. The van der Waals surface area contributed by atoms with Gasteiger partial charge in [-0.25, -0.2) is 0 Å². The predicted molar refractivity (Wildman–Crippen MR) is 77.0 cm³/mol. The van der Waals surface area contributed by atoms with Crippen LogP contribution in [0.15, 0.2) is 18.2 Å². The van der Waals surface area contributed by atoms with Gasteiger partial charge < -0.3 is 19.5 Å². The summed E-state index contributed by atoms with van der Waals surface area (Å²) in [5.41, 5.74) is 1.13. The van der Waals surface area contributed by atoms with Crippen molar-refractivity contribution in [3.05, 3.63) is 23.8 Å². The van der Waals surface area contributed by atoms with Gasteiger partial charge in [-0.3, -0.25) is 0 Å². The highest BCUT2D eigenvalue weighted by atomic mass is 16.5. The molecule has 0 aliphatic rings. The SMILES string of the molecule is CCOCCOc1cc(OC)ccc1CNC(C)C. The molecule has 0 heterocycles. The highest BCUT2D eigenvalue weighted by molar-refractivity contribution is 5.40. The summed E-state index contributed by atoms with van der Waals surface area (Å²) in [4.78, 5) is 0. The summed E-state index contributed by atoms with van der Waals surface area (Å²) in [7, 11) is 1.66. The van der Waals surface area contributed by atoms with Gasteiger partial charge in [0.25, 0.3) is 0 Å². The molecule has 19 heavy (non-hydrogen) atoms. The molecule has 1 aromatic rings. The van der Waals surface area contributed by atoms with Gasteiger partial charge in [0.1, 0.15) is 18.1 Å². The maximum absolute atomic E-state index is 5.77. The normalized spacial score (nSPS) is 10.8. The van der Waals surface area contributed by atoms with E-state index in [4.69, 9.17) is 14.2 Å². The Morgan fingerprint density at radius 2 is 2.00 bits per heavy atom. The molecule has 108 valence electrons. The molecule has 0 aromatic heterocycles. The lowest BCUT2D eigenvalue weighted by atomic mass is 10.2. The molecular weight excluding hydrogens is 242 g/mol. The number of nitrogens with one attached hydrogen (secondary N) is 1. The summed E-state index contributed by atoms with van der Waals surface area (Å²) in [5, 5.41) is 3.39. The van der Waals surface area contributed by atoms with Gasteiger partial charge in [0.05, 0.1) is 13.7 Å².